The fourth-order valence-corrected chi connectivity index (χ4v) is 2.32. The predicted octanol–water partition coefficient (Wildman–Crippen LogP) is 1.44. The molecule has 0 amide bonds. The van der Waals surface area contributed by atoms with Crippen molar-refractivity contribution in [1.29, 1.82) is 0 Å². The first kappa shape index (κ1) is 12.7. The first-order valence-corrected chi connectivity index (χ1v) is 5.86. The van der Waals surface area contributed by atoms with Gasteiger partial charge in [-0.1, -0.05) is 0 Å². The number of methoxy groups -OCH3 is 1. The fourth-order valence-electron chi connectivity index (χ4n) is 2.32. The predicted molar refractivity (Wildman–Crippen MR) is 65.9 cm³/mol. The molecule has 0 aliphatic carbocycles. The Morgan fingerprint density at radius 1 is 1.50 bits per heavy atom. The molecule has 0 bridgehead atoms. The molecule has 0 spiro atoms. The monoisotopic (exact) mass is 251 g/mol. The molecule has 5 nitrogen and oxygen atoms in total. The summed E-state index contributed by atoms with van der Waals surface area (Å²) in [5, 5.41) is 22.2. The van der Waals surface area contributed by atoms with E-state index in [1.807, 2.05) is 0 Å². The molecule has 18 heavy (non-hydrogen) atoms. The van der Waals surface area contributed by atoms with Crippen molar-refractivity contribution in [3.63, 3.8) is 0 Å². The van der Waals surface area contributed by atoms with E-state index in [0.717, 1.165) is 5.56 Å². The zero-order valence-corrected chi connectivity index (χ0v) is 10.4. The van der Waals surface area contributed by atoms with Gasteiger partial charge < -0.3 is 20.3 Å². The van der Waals surface area contributed by atoms with Crippen molar-refractivity contribution in [1.82, 2.24) is 5.32 Å². The van der Waals surface area contributed by atoms with Crippen LogP contribution in [0.15, 0.2) is 12.1 Å². The zero-order chi connectivity index (χ0) is 13.3. The SMILES string of the molecule is COc1cc(C)c(O)c(C2CC(C(=O)O)CN2)c1. The van der Waals surface area contributed by atoms with Gasteiger partial charge in [0, 0.05) is 18.2 Å². The van der Waals surface area contributed by atoms with E-state index >= 15 is 0 Å². The van der Waals surface area contributed by atoms with Crippen LogP contribution in [0.4, 0.5) is 0 Å². The summed E-state index contributed by atoms with van der Waals surface area (Å²) in [5.74, 6) is -0.328. The van der Waals surface area contributed by atoms with Gasteiger partial charge in [0.1, 0.15) is 11.5 Å². The summed E-state index contributed by atoms with van der Waals surface area (Å²) in [7, 11) is 1.57. The van der Waals surface area contributed by atoms with E-state index in [1.165, 1.54) is 0 Å². The maximum Gasteiger partial charge on any atom is 0.307 e. The van der Waals surface area contributed by atoms with E-state index in [4.69, 9.17) is 9.84 Å². The van der Waals surface area contributed by atoms with E-state index in [2.05, 4.69) is 5.32 Å². The normalized spacial score (nSPS) is 23.0. The van der Waals surface area contributed by atoms with Crippen LogP contribution in [0.2, 0.25) is 0 Å². The number of aliphatic carboxylic acids is 1. The van der Waals surface area contributed by atoms with Crippen LogP contribution < -0.4 is 10.1 Å². The molecule has 2 rings (SSSR count). The number of phenols is 1. The van der Waals surface area contributed by atoms with Gasteiger partial charge in [-0.25, -0.2) is 0 Å². The lowest BCUT2D eigenvalue weighted by Gasteiger charge is -2.15. The number of hydrogen-bond donors (Lipinski definition) is 3. The minimum atomic E-state index is -0.802. The van der Waals surface area contributed by atoms with Gasteiger partial charge in [0.05, 0.1) is 13.0 Å². The van der Waals surface area contributed by atoms with Crippen molar-refractivity contribution < 1.29 is 19.7 Å². The number of aromatic hydroxyl groups is 1. The second kappa shape index (κ2) is 4.86. The second-order valence-corrected chi connectivity index (χ2v) is 4.61. The van der Waals surface area contributed by atoms with Gasteiger partial charge in [0.25, 0.3) is 0 Å². The molecule has 1 aliphatic rings. The van der Waals surface area contributed by atoms with Crippen LogP contribution >= 0.6 is 0 Å². The molecule has 5 heteroatoms. The van der Waals surface area contributed by atoms with Crippen molar-refractivity contribution in [3.8, 4) is 11.5 Å². The quantitative estimate of drug-likeness (QED) is 0.757. The molecule has 1 aromatic rings. The molecule has 1 heterocycles. The minimum Gasteiger partial charge on any atom is -0.507 e. The summed E-state index contributed by atoms with van der Waals surface area (Å²) in [4.78, 5) is 10.9. The van der Waals surface area contributed by atoms with Gasteiger partial charge in [0.15, 0.2) is 0 Å². The number of carbonyl (C=O) groups is 1. The summed E-state index contributed by atoms with van der Waals surface area (Å²) in [6.45, 7) is 2.22. The molecule has 1 saturated heterocycles. The Hall–Kier alpha value is -1.75. The Balaban J connectivity index is 2.29. The maximum absolute atomic E-state index is 10.9. The number of phenolic OH excluding ortho intramolecular Hbond substituents is 1. The van der Waals surface area contributed by atoms with Crippen molar-refractivity contribution >= 4 is 5.97 Å². The molecular formula is C13H17NO4. The number of hydrogen-bond acceptors (Lipinski definition) is 4. The first-order chi connectivity index (χ1) is 8.52. The van der Waals surface area contributed by atoms with Crippen molar-refractivity contribution in [2.45, 2.75) is 19.4 Å². The van der Waals surface area contributed by atoms with Crippen LogP contribution in [0.5, 0.6) is 11.5 Å². The first-order valence-electron chi connectivity index (χ1n) is 5.86. The highest BCUT2D eigenvalue weighted by molar-refractivity contribution is 5.71. The zero-order valence-electron chi connectivity index (χ0n) is 10.4. The van der Waals surface area contributed by atoms with E-state index in [1.54, 1.807) is 26.2 Å². The van der Waals surface area contributed by atoms with Gasteiger partial charge in [-0.2, -0.15) is 0 Å². The average Bonchev–Trinajstić information content (AvgIpc) is 2.82. The molecule has 98 valence electrons. The smallest absolute Gasteiger partial charge is 0.307 e. The molecule has 1 aromatic carbocycles. The lowest BCUT2D eigenvalue weighted by Crippen LogP contribution is -2.17. The van der Waals surface area contributed by atoms with Crippen LogP contribution in [0.1, 0.15) is 23.6 Å². The van der Waals surface area contributed by atoms with Gasteiger partial charge >= 0.3 is 5.97 Å². The van der Waals surface area contributed by atoms with E-state index in [-0.39, 0.29) is 11.8 Å². The Bertz CT molecular complexity index is 472. The highest BCUT2D eigenvalue weighted by Gasteiger charge is 2.32. The van der Waals surface area contributed by atoms with E-state index < -0.39 is 11.9 Å². The third-order valence-corrected chi connectivity index (χ3v) is 3.39. The highest BCUT2D eigenvalue weighted by Crippen LogP contribution is 2.37. The third kappa shape index (κ3) is 2.26. The highest BCUT2D eigenvalue weighted by atomic mass is 16.5. The minimum absolute atomic E-state index is 0.139. The lowest BCUT2D eigenvalue weighted by atomic mass is 9.97. The standard InChI is InChI=1S/C13H17NO4/c1-7-3-9(18-2)5-10(12(7)15)11-4-8(6-14-11)13(16)17/h3,5,8,11,14-15H,4,6H2,1-2H3,(H,16,17). The number of nitrogens with one attached hydrogen (secondary N) is 1. The number of rotatable bonds is 3. The molecular weight excluding hydrogens is 234 g/mol. The van der Waals surface area contributed by atoms with Crippen LogP contribution in [-0.2, 0) is 4.79 Å². The molecule has 3 N–H and O–H groups in total. The Labute approximate surface area is 105 Å². The molecule has 1 aliphatic heterocycles. The topological polar surface area (TPSA) is 78.8 Å². The van der Waals surface area contributed by atoms with Gasteiger partial charge in [0.2, 0.25) is 0 Å². The van der Waals surface area contributed by atoms with Crippen molar-refractivity contribution in [2.24, 2.45) is 5.92 Å². The molecule has 1 fully saturated rings. The van der Waals surface area contributed by atoms with Crippen LogP contribution in [0.25, 0.3) is 0 Å². The summed E-state index contributed by atoms with van der Waals surface area (Å²) >= 11 is 0. The summed E-state index contributed by atoms with van der Waals surface area (Å²) in [6, 6.07) is 3.37. The maximum atomic E-state index is 10.9. The number of benzene rings is 1. The van der Waals surface area contributed by atoms with Crippen LogP contribution in [-0.4, -0.2) is 29.8 Å². The van der Waals surface area contributed by atoms with Crippen molar-refractivity contribution in [3.05, 3.63) is 23.3 Å². The second-order valence-electron chi connectivity index (χ2n) is 4.61. The van der Waals surface area contributed by atoms with Crippen LogP contribution in [0.3, 0.4) is 0 Å². The number of ether oxygens (including phenoxy) is 1. The lowest BCUT2D eigenvalue weighted by molar-refractivity contribution is -0.141. The van der Waals surface area contributed by atoms with E-state index in [9.17, 15) is 9.90 Å². The molecule has 0 saturated carbocycles. The Kier molecular flexibility index (Phi) is 3.43. The molecule has 0 aromatic heterocycles. The fraction of sp³-hybridized carbons (Fsp3) is 0.462. The van der Waals surface area contributed by atoms with Crippen molar-refractivity contribution in [2.75, 3.05) is 13.7 Å². The van der Waals surface area contributed by atoms with Crippen LogP contribution in [0, 0.1) is 12.8 Å². The Morgan fingerprint density at radius 2 is 2.22 bits per heavy atom. The summed E-state index contributed by atoms with van der Waals surface area (Å²) < 4.78 is 5.17. The van der Waals surface area contributed by atoms with Gasteiger partial charge in [-0.3, -0.25) is 4.79 Å². The Morgan fingerprint density at radius 3 is 2.78 bits per heavy atom. The summed E-state index contributed by atoms with van der Waals surface area (Å²) in [5.41, 5.74) is 1.43. The molecule has 0 radical (unpaired) electrons. The molecule has 2 atom stereocenters. The summed E-state index contributed by atoms with van der Waals surface area (Å²) in [6.07, 6.45) is 0.482. The average molecular weight is 251 g/mol. The van der Waals surface area contributed by atoms with Gasteiger partial charge in [-0.15, -0.1) is 0 Å². The van der Waals surface area contributed by atoms with Gasteiger partial charge in [-0.05, 0) is 31.0 Å². The third-order valence-electron chi connectivity index (χ3n) is 3.39. The number of carboxylic acids is 1. The van der Waals surface area contributed by atoms with E-state index in [0.29, 0.717) is 24.3 Å². The number of carboxylic acid groups (broad SMARTS) is 1. The number of aryl methyl sites for hydroxylation is 1. The largest absolute Gasteiger partial charge is 0.507 e. The molecule has 2 unspecified atom stereocenters.